The van der Waals surface area contributed by atoms with Gasteiger partial charge in [-0.15, -0.1) is 11.3 Å². The van der Waals surface area contributed by atoms with Gasteiger partial charge in [-0.3, -0.25) is 9.69 Å². The minimum atomic E-state index is -0.179. The van der Waals surface area contributed by atoms with Gasteiger partial charge in [0.1, 0.15) is 9.71 Å². The van der Waals surface area contributed by atoms with Gasteiger partial charge in [0.05, 0.1) is 22.6 Å². The number of anilines is 3. The summed E-state index contributed by atoms with van der Waals surface area (Å²) in [5, 5.41) is 2.40. The molecule has 0 unspecified atom stereocenters. The average Bonchev–Trinajstić information content (AvgIpc) is 3.11. The first kappa shape index (κ1) is 19.6. The minimum Gasteiger partial charge on any atom is -0.397 e. The quantitative estimate of drug-likeness (QED) is 0.275. The van der Waals surface area contributed by atoms with Crippen molar-refractivity contribution in [2.24, 2.45) is 0 Å². The number of nitrogen functional groups attached to an aromatic ring is 1. The lowest BCUT2D eigenvalue weighted by molar-refractivity contribution is 0.100. The highest BCUT2D eigenvalue weighted by Gasteiger charge is 2.31. The molecular weight excluding hydrogens is 458 g/mol. The third-order valence-corrected chi connectivity index (χ3v) is 8.02. The van der Waals surface area contributed by atoms with Crippen molar-refractivity contribution in [1.29, 1.82) is 0 Å². The number of halogens is 1. The number of amides is 1. The molecule has 5 aromatic rings. The third-order valence-electron chi connectivity index (χ3n) is 5.55. The number of aromatic nitrogens is 1. The molecule has 6 rings (SSSR count). The molecule has 1 aliphatic heterocycles. The molecule has 0 spiro atoms. The van der Waals surface area contributed by atoms with Gasteiger partial charge in [-0.2, -0.15) is 0 Å². The highest BCUT2D eigenvalue weighted by atomic mass is 35.5. The highest BCUT2D eigenvalue weighted by Crippen LogP contribution is 2.50. The number of fused-ring (bicyclic) bond motifs is 4. The van der Waals surface area contributed by atoms with Crippen LogP contribution in [0.2, 0.25) is 5.02 Å². The molecule has 0 saturated carbocycles. The van der Waals surface area contributed by atoms with Crippen LogP contribution in [0.25, 0.3) is 21.1 Å². The molecular formula is C25H16ClN3OS2. The second-order valence-electron chi connectivity index (χ2n) is 7.70. The average molecular weight is 474 g/mol. The van der Waals surface area contributed by atoms with E-state index in [0.29, 0.717) is 15.6 Å². The smallest absolute Gasteiger partial charge is 0.275 e. The van der Waals surface area contributed by atoms with Crippen molar-refractivity contribution in [3.05, 3.63) is 82.2 Å². The molecule has 0 bridgehead atoms. The number of benzene rings is 3. The predicted octanol–water partition coefficient (Wildman–Crippen LogP) is 7.44. The maximum Gasteiger partial charge on any atom is 0.275 e. The molecule has 0 fully saturated rings. The first-order valence-corrected chi connectivity index (χ1v) is 12.0. The topological polar surface area (TPSA) is 59.2 Å². The van der Waals surface area contributed by atoms with Crippen LogP contribution >= 0.6 is 34.7 Å². The van der Waals surface area contributed by atoms with Gasteiger partial charge in [0, 0.05) is 25.6 Å². The Labute approximate surface area is 197 Å². The Morgan fingerprint density at radius 3 is 2.69 bits per heavy atom. The molecule has 3 heterocycles. The Kier molecular flexibility index (Phi) is 4.43. The lowest BCUT2D eigenvalue weighted by Gasteiger charge is -2.31. The predicted molar refractivity (Wildman–Crippen MR) is 135 cm³/mol. The number of para-hydroxylation sites is 1. The van der Waals surface area contributed by atoms with Crippen LogP contribution in [0.5, 0.6) is 0 Å². The van der Waals surface area contributed by atoms with Crippen LogP contribution in [-0.4, -0.2) is 10.9 Å². The number of aryl methyl sites for hydroxylation is 1. The number of carbonyl (C=O) groups excluding carboxylic acids is 1. The van der Waals surface area contributed by atoms with Crippen molar-refractivity contribution in [3.8, 4) is 0 Å². The lowest BCUT2D eigenvalue weighted by Crippen LogP contribution is -2.28. The third kappa shape index (κ3) is 2.98. The van der Waals surface area contributed by atoms with E-state index in [4.69, 9.17) is 22.3 Å². The maximum absolute atomic E-state index is 14.0. The van der Waals surface area contributed by atoms with Crippen LogP contribution in [0, 0.1) is 6.92 Å². The first-order chi connectivity index (χ1) is 15.5. The Bertz CT molecular complexity index is 1580. The van der Waals surface area contributed by atoms with Crippen molar-refractivity contribution in [2.75, 3.05) is 10.6 Å². The van der Waals surface area contributed by atoms with Gasteiger partial charge >= 0.3 is 0 Å². The number of nitrogens with two attached hydrogens (primary N) is 1. The number of thiophene rings is 1. The summed E-state index contributed by atoms with van der Waals surface area (Å²) >= 11 is 9.27. The van der Waals surface area contributed by atoms with E-state index >= 15 is 0 Å². The molecule has 2 aromatic heterocycles. The van der Waals surface area contributed by atoms with Gasteiger partial charge in [0.2, 0.25) is 0 Å². The SMILES string of the molecule is Cc1ccc2nc3sc(C(=O)N4c5ccccc5Sc5ccc(Cl)cc54)c(N)c3cc2c1. The fraction of sp³-hybridized carbons (Fsp3) is 0.0400. The standard InChI is InChI=1S/C25H16ClN3OS2/c1-13-6-8-17-14(10-13)11-16-22(27)23(32-24(16)28-17)25(30)29-18-4-2-3-5-20(18)31-21-9-7-15(26)12-19(21)29/h2-12H,27H2,1H3. The second kappa shape index (κ2) is 7.24. The number of hydrogen-bond acceptors (Lipinski definition) is 5. The number of nitrogens with zero attached hydrogens (tertiary/aromatic N) is 2. The summed E-state index contributed by atoms with van der Waals surface area (Å²) in [6, 6.07) is 21.6. The summed E-state index contributed by atoms with van der Waals surface area (Å²) in [6.07, 6.45) is 0. The van der Waals surface area contributed by atoms with Crippen molar-refractivity contribution in [2.45, 2.75) is 16.7 Å². The van der Waals surface area contributed by atoms with Crippen LogP contribution in [0.4, 0.5) is 17.1 Å². The van der Waals surface area contributed by atoms with E-state index in [1.165, 1.54) is 11.3 Å². The van der Waals surface area contributed by atoms with Crippen LogP contribution in [0.3, 0.4) is 0 Å². The summed E-state index contributed by atoms with van der Waals surface area (Å²) in [5.41, 5.74) is 10.6. The summed E-state index contributed by atoms with van der Waals surface area (Å²) in [4.78, 5) is 23.7. The van der Waals surface area contributed by atoms with Crippen LogP contribution in [-0.2, 0) is 0 Å². The van der Waals surface area contributed by atoms with E-state index in [1.54, 1.807) is 16.7 Å². The van der Waals surface area contributed by atoms with E-state index in [2.05, 4.69) is 6.07 Å². The van der Waals surface area contributed by atoms with Gasteiger partial charge in [0.25, 0.3) is 5.91 Å². The van der Waals surface area contributed by atoms with Crippen molar-refractivity contribution < 1.29 is 4.79 Å². The molecule has 1 aliphatic rings. The molecule has 0 radical (unpaired) electrons. The Hall–Kier alpha value is -3.06. The van der Waals surface area contributed by atoms with Crippen LogP contribution in [0.15, 0.2) is 76.5 Å². The summed E-state index contributed by atoms with van der Waals surface area (Å²) in [5.74, 6) is -0.179. The molecule has 156 valence electrons. The van der Waals surface area contributed by atoms with E-state index in [1.807, 2.05) is 67.6 Å². The van der Waals surface area contributed by atoms with Gasteiger partial charge in [-0.1, -0.05) is 47.1 Å². The van der Waals surface area contributed by atoms with Crippen LogP contribution in [0.1, 0.15) is 15.2 Å². The van der Waals surface area contributed by atoms with Crippen molar-refractivity contribution in [3.63, 3.8) is 0 Å². The normalized spacial score (nSPS) is 12.8. The molecule has 2 N–H and O–H groups in total. The molecule has 32 heavy (non-hydrogen) atoms. The van der Waals surface area contributed by atoms with E-state index in [0.717, 1.165) is 47.8 Å². The zero-order chi connectivity index (χ0) is 22.0. The van der Waals surface area contributed by atoms with E-state index in [9.17, 15) is 4.79 Å². The molecule has 7 heteroatoms. The van der Waals surface area contributed by atoms with E-state index in [-0.39, 0.29) is 5.91 Å². The van der Waals surface area contributed by atoms with Crippen LogP contribution < -0.4 is 10.6 Å². The molecule has 1 amide bonds. The lowest BCUT2D eigenvalue weighted by atomic mass is 10.1. The molecule has 0 aliphatic carbocycles. The van der Waals surface area contributed by atoms with Gasteiger partial charge in [-0.05, 0) is 55.5 Å². The number of carbonyl (C=O) groups is 1. The zero-order valence-electron chi connectivity index (χ0n) is 16.9. The molecule has 3 aromatic carbocycles. The largest absolute Gasteiger partial charge is 0.397 e. The number of hydrogen-bond donors (Lipinski definition) is 1. The Balaban J connectivity index is 1.56. The summed E-state index contributed by atoms with van der Waals surface area (Å²) in [7, 11) is 0. The number of rotatable bonds is 1. The monoisotopic (exact) mass is 473 g/mol. The fourth-order valence-electron chi connectivity index (χ4n) is 4.03. The minimum absolute atomic E-state index is 0.179. The summed E-state index contributed by atoms with van der Waals surface area (Å²) in [6.45, 7) is 2.05. The van der Waals surface area contributed by atoms with E-state index < -0.39 is 0 Å². The maximum atomic E-state index is 14.0. The summed E-state index contributed by atoms with van der Waals surface area (Å²) < 4.78 is 0. The number of pyridine rings is 1. The second-order valence-corrected chi connectivity index (χ2v) is 10.2. The van der Waals surface area contributed by atoms with Crippen molar-refractivity contribution in [1.82, 2.24) is 4.98 Å². The first-order valence-electron chi connectivity index (χ1n) is 10.00. The Morgan fingerprint density at radius 1 is 1.00 bits per heavy atom. The Morgan fingerprint density at radius 2 is 1.81 bits per heavy atom. The van der Waals surface area contributed by atoms with Gasteiger partial charge in [-0.25, -0.2) is 4.98 Å². The fourth-order valence-corrected chi connectivity index (χ4v) is 6.25. The van der Waals surface area contributed by atoms with Gasteiger partial charge < -0.3 is 5.73 Å². The highest BCUT2D eigenvalue weighted by molar-refractivity contribution is 7.99. The van der Waals surface area contributed by atoms with Gasteiger partial charge in [0.15, 0.2) is 0 Å². The van der Waals surface area contributed by atoms with Crippen molar-refractivity contribution >= 4 is 78.8 Å². The molecule has 0 atom stereocenters. The molecule has 0 saturated heterocycles. The molecule has 4 nitrogen and oxygen atoms in total. The zero-order valence-corrected chi connectivity index (χ0v) is 19.3.